The largest absolute Gasteiger partial charge is 0.507 e. The Kier molecular flexibility index (Phi) is 4.30. The maximum absolute atomic E-state index is 11.8. The summed E-state index contributed by atoms with van der Waals surface area (Å²) in [5, 5.41) is 13.3. The van der Waals surface area contributed by atoms with Crippen LogP contribution in [0.15, 0.2) is 58.1 Å². The number of rotatable bonds is 3. The molecule has 0 saturated carbocycles. The Balaban J connectivity index is 2.06. The van der Waals surface area contributed by atoms with Crippen molar-refractivity contribution in [1.82, 2.24) is 5.43 Å². The minimum atomic E-state index is -0.320. The minimum absolute atomic E-state index is 0.112. The summed E-state index contributed by atoms with van der Waals surface area (Å²) in [4.78, 5) is 11.8. The molecule has 96 valence electrons. The van der Waals surface area contributed by atoms with Crippen LogP contribution in [0.3, 0.4) is 0 Å². The normalized spacial score (nSPS) is 10.6. The topological polar surface area (TPSA) is 61.7 Å². The van der Waals surface area contributed by atoms with Gasteiger partial charge in [-0.25, -0.2) is 5.43 Å². The maximum atomic E-state index is 11.8. The molecule has 0 fully saturated rings. The lowest BCUT2D eigenvalue weighted by molar-refractivity contribution is 0.0954. The van der Waals surface area contributed by atoms with Gasteiger partial charge in [0.05, 0.1) is 11.8 Å². The summed E-state index contributed by atoms with van der Waals surface area (Å²) in [6.45, 7) is 0. The Hall–Kier alpha value is -2.14. The van der Waals surface area contributed by atoms with E-state index in [1.54, 1.807) is 42.5 Å². The van der Waals surface area contributed by atoms with Crippen LogP contribution in [0.4, 0.5) is 0 Å². The van der Waals surface area contributed by atoms with Crippen molar-refractivity contribution in [3.8, 4) is 5.75 Å². The summed E-state index contributed by atoms with van der Waals surface area (Å²) in [7, 11) is 0. The molecule has 2 N–H and O–H groups in total. The standard InChI is InChI=1S/C14H11BrN2O2/c15-12-7-3-2-6-11(12)14(19)17-16-9-10-5-1-4-8-13(10)18/h1-9,18H,(H,17,19)/b16-9+. The smallest absolute Gasteiger partial charge is 0.272 e. The third-order valence-corrected chi connectivity index (χ3v) is 3.12. The summed E-state index contributed by atoms with van der Waals surface area (Å²) in [6.07, 6.45) is 1.39. The summed E-state index contributed by atoms with van der Waals surface area (Å²) >= 11 is 3.29. The number of hydrazone groups is 1. The average molecular weight is 319 g/mol. The molecule has 0 bridgehead atoms. The molecule has 19 heavy (non-hydrogen) atoms. The van der Waals surface area contributed by atoms with E-state index in [0.717, 1.165) is 0 Å². The predicted molar refractivity (Wildman–Crippen MR) is 77.3 cm³/mol. The van der Waals surface area contributed by atoms with Crippen molar-refractivity contribution >= 4 is 28.1 Å². The highest BCUT2D eigenvalue weighted by molar-refractivity contribution is 9.10. The van der Waals surface area contributed by atoms with Crippen molar-refractivity contribution in [1.29, 1.82) is 0 Å². The lowest BCUT2D eigenvalue weighted by Crippen LogP contribution is -2.18. The predicted octanol–water partition coefficient (Wildman–Crippen LogP) is 2.92. The first-order valence-electron chi connectivity index (χ1n) is 5.54. The van der Waals surface area contributed by atoms with Crippen molar-refractivity contribution < 1.29 is 9.90 Å². The van der Waals surface area contributed by atoms with E-state index in [4.69, 9.17) is 0 Å². The third kappa shape index (κ3) is 3.42. The number of amides is 1. The van der Waals surface area contributed by atoms with Crippen LogP contribution < -0.4 is 5.43 Å². The number of benzene rings is 2. The highest BCUT2D eigenvalue weighted by Crippen LogP contribution is 2.15. The molecule has 0 aliphatic heterocycles. The van der Waals surface area contributed by atoms with E-state index in [-0.39, 0.29) is 11.7 Å². The SMILES string of the molecule is O=C(N/N=C/c1ccccc1O)c1ccccc1Br. The van der Waals surface area contributed by atoms with Crippen LogP contribution in [0, 0.1) is 0 Å². The molecule has 0 unspecified atom stereocenters. The highest BCUT2D eigenvalue weighted by Gasteiger charge is 2.07. The molecule has 0 heterocycles. The molecular weight excluding hydrogens is 308 g/mol. The fraction of sp³-hybridized carbons (Fsp3) is 0. The van der Waals surface area contributed by atoms with Gasteiger partial charge in [0.25, 0.3) is 5.91 Å². The number of para-hydroxylation sites is 1. The molecule has 0 aromatic heterocycles. The van der Waals surface area contributed by atoms with E-state index in [1.165, 1.54) is 6.21 Å². The molecule has 0 spiro atoms. The molecule has 0 radical (unpaired) electrons. The number of nitrogens with one attached hydrogen (secondary N) is 1. The van der Waals surface area contributed by atoms with Crippen molar-refractivity contribution in [3.63, 3.8) is 0 Å². The van der Waals surface area contributed by atoms with E-state index in [0.29, 0.717) is 15.6 Å². The van der Waals surface area contributed by atoms with Gasteiger partial charge in [0.15, 0.2) is 0 Å². The summed E-state index contributed by atoms with van der Waals surface area (Å²) in [5.74, 6) is -0.208. The van der Waals surface area contributed by atoms with Gasteiger partial charge >= 0.3 is 0 Å². The van der Waals surface area contributed by atoms with Crippen LogP contribution in [0.2, 0.25) is 0 Å². The number of nitrogens with zero attached hydrogens (tertiary/aromatic N) is 1. The van der Waals surface area contributed by atoms with E-state index in [1.807, 2.05) is 6.07 Å². The molecule has 0 atom stereocenters. The first-order chi connectivity index (χ1) is 9.18. The number of halogens is 1. The fourth-order valence-corrected chi connectivity index (χ4v) is 1.93. The first-order valence-corrected chi connectivity index (χ1v) is 6.33. The molecule has 4 nitrogen and oxygen atoms in total. The number of carbonyl (C=O) groups excluding carboxylic acids is 1. The number of phenolic OH excluding ortho intramolecular Hbond substituents is 1. The van der Waals surface area contributed by atoms with E-state index in [2.05, 4.69) is 26.5 Å². The molecule has 0 saturated heterocycles. The Morgan fingerprint density at radius 3 is 2.58 bits per heavy atom. The second kappa shape index (κ2) is 6.15. The van der Waals surface area contributed by atoms with E-state index >= 15 is 0 Å². The highest BCUT2D eigenvalue weighted by atomic mass is 79.9. The Morgan fingerprint density at radius 1 is 1.16 bits per heavy atom. The Bertz CT molecular complexity index is 626. The van der Waals surface area contributed by atoms with Gasteiger partial charge in [-0.05, 0) is 40.2 Å². The van der Waals surface area contributed by atoms with Crippen LogP contribution in [0.25, 0.3) is 0 Å². The zero-order chi connectivity index (χ0) is 13.7. The number of carbonyl (C=O) groups is 1. The first kappa shape index (κ1) is 13.3. The van der Waals surface area contributed by atoms with Gasteiger partial charge in [-0.2, -0.15) is 5.10 Å². The second-order valence-electron chi connectivity index (χ2n) is 3.74. The zero-order valence-electron chi connectivity index (χ0n) is 9.88. The Labute approximate surface area is 118 Å². The van der Waals surface area contributed by atoms with Crippen LogP contribution >= 0.6 is 15.9 Å². The van der Waals surface area contributed by atoms with Gasteiger partial charge < -0.3 is 5.11 Å². The molecule has 2 rings (SSSR count). The van der Waals surface area contributed by atoms with Crippen LogP contribution in [0.5, 0.6) is 5.75 Å². The van der Waals surface area contributed by atoms with Crippen molar-refractivity contribution in [2.45, 2.75) is 0 Å². The number of hydrogen-bond acceptors (Lipinski definition) is 3. The molecule has 0 aliphatic carbocycles. The summed E-state index contributed by atoms with van der Waals surface area (Å²) in [5.41, 5.74) is 3.44. The molecule has 2 aromatic rings. The van der Waals surface area contributed by atoms with Crippen LogP contribution in [-0.4, -0.2) is 17.2 Å². The van der Waals surface area contributed by atoms with Gasteiger partial charge in [0.2, 0.25) is 0 Å². The second-order valence-corrected chi connectivity index (χ2v) is 4.59. The molecule has 2 aromatic carbocycles. The van der Waals surface area contributed by atoms with Gasteiger partial charge in [0, 0.05) is 10.0 Å². The van der Waals surface area contributed by atoms with Gasteiger partial charge in [0.1, 0.15) is 5.75 Å². The minimum Gasteiger partial charge on any atom is -0.507 e. The van der Waals surface area contributed by atoms with Crippen LogP contribution in [0.1, 0.15) is 15.9 Å². The van der Waals surface area contributed by atoms with Crippen molar-refractivity contribution in [2.24, 2.45) is 5.10 Å². The lowest BCUT2D eigenvalue weighted by atomic mass is 10.2. The van der Waals surface area contributed by atoms with Crippen LogP contribution in [-0.2, 0) is 0 Å². The third-order valence-electron chi connectivity index (χ3n) is 2.42. The fourth-order valence-electron chi connectivity index (χ4n) is 1.46. The quantitative estimate of drug-likeness (QED) is 0.675. The number of aromatic hydroxyl groups is 1. The molecular formula is C14H11BrN2O2. The van der Waals surface area contributed by atoms with E-state index in [9.17, 15) is 9.90 Å². The van der Waals surface area contributed by atoms with Crippen molar-refractivity contribution in [3.05, 3.63) is 64.1 Å². The van der Waals surface area contributed by atoms with Gasteiger partial charge in [-0.3, -0.25) is 4.79 Å². The lowest BCUT2D eigenvalue weighted by Gasteiger charge is -2.02. The zero-order valence-corrected chi connectivity index (χ0v) is 11.5. The Morgan fingerprint density at radius 2 is 1.84 bits per heavy atom. The molecule has 0 aliphatic rings. The summed E-state index contributed by atoms with van der Waals surface area (Å²) < 4.78 is 0.699. The van der Waals surface area contributed by atoms with Gasteiger partial charge in [-0.15, -0.1) is 0 Å². The summed E-state index contributed by atoms with van der Waals surface area (Å²) in [6, 6.07) is 13.8. The monoisotopic (exact) mass is 318 g/mol. The molecule has 1 amide bonds. The number of hydrogen-bond donors (Lipinski definition) is 2. The molecule has 5 heteroatoms. The van der Waals surface area contributed by atoms with Gasteiger partial charge in [-0.1, -0.05) is 24.3 Å². The maximum Gasteiger partial charge on any atom is 0.272 e. The van der Waals surface area contributed by atoms with Crippen molar-refractivity contribution in [2.75, 3.05) is 0 Å². The number of phenols is 1. The average Bonchev–Trinajstić information content (AvgIpc) is 2.41. The van der Waals surface area contributed by atoms with E-state index < -0.39 is 0 Å².